The van der Waals surface area contributed by atoms with Gasteiger partial charge in [-0.3, -0.25) is 4.90 Å². The molecule has 0 radical (unpaired) electrons. The zero-order valence-electron chi connectivity index (χ0n) is 12.2. The summed E-state index contributed by atoms with van der Waals surface area (Å²) in [5.41, 5.74) is 1.42. The third-order valence-corrected chi connectivity index (χ3v) is 5.07. The van der Waals surface area contributed by atoms with Crippen LogP contribution >= 0.6 is 11.6 Å². The van der Waals surface area contributed by atoms with Crippen LogP contribution in [0.15, 0.2) is 24.3 Å². The number of hydrogen-bond acceptors (Lipinski definition) is 2. The van der Waals surface area contributed by atoms with Crippen LogP contribution in [-0.2, 0) is 0 Å². The summed E-state index contributed by atoms with van der Waals surface area (Å²) in [6, 6.07) is 9.11. The van der Waals surface area contributed by atoms with Crippen molar-refractivity contribution in [3.05, 3.63) is 34.9 Å². The normalized spacial score (nSPS) is 23.6. The van der Waals surface area contributed by atoms with E-state index in [4.69, 9.17) is 11.6 Å². The standard InChI is InChI=1S/C17H25ClN2/c18-16-8-4-7-15(13-16)17(14-5-2-1-3-6-14)20-11-9-19-10-12-20/h4,7-8,13-14,17,19H,1-3,5-6,9-12H2/t17-/m0/s1. The van der Waals surface area contributed by atoms with Gasteiger partial charge >= 0.3 is 0 Å². The fraction of sp³-hybridized carbons (Fsp3) is 0.647. The lowest BCUT2D eigenvalue weighted by Crippen LogP contribution is -2.47. The van der Waals surface area contributed by atoms with Gasteiger partial charge in [0.15, 0.2) is 0 Å². The van der Waals surface area contributed by atoms with Crippen molar-refractivity contribution in [3.63, 3.8) is 0 Å². The molecule has 2 nitrogen and oxygen atoms in total. The lowest BCUT2D eigenvalue weighted by atomic mass is 9.80. The van der Waals surface area contributed by atoms with Crippen molar-refractivity contribution < 1.29 is 0 Å². The van der Waals surface area contributed by atoms with Crippen LogP contribution in [0.2, 0.25) is 5.02 Å². The van der Waals surface area contributed by atoms with Gasteiger partial charge in [-0.2, -0.15) is 0 Å². The maximum absolute atomic E-state index is 6.24. The number of halogens is 1. The molecule has 3 heteroatoms. The number of hydrogen-bond donors (Lipinski definition) is 1. The Balaban J connectivity index is 1.85. The van der Waals surface area contributed by atoms with Crippen LogP contribution in [0.5, 0.6) is 0 Å². The van der Waals surface area contributed by atoms with E-state index in [2.05, 4.69) is 28.4 Å². The zero-order valence-corrected chi connectivity index (χ0v) is 12.9. The minimum Gasteiger partial charge on any atom is -0.314 e. The van der Waals surface area contributed by atoms with Crippen molar-refractivity contribution >= 4 is 11.6 Å². The topological polar surface area (TPSA) is 15.3 Å². The lowest BCUT2D eigenvalue weighted by molar-refractivity contribution is 0.103. The maximum Gasteiger partial charge on any atom is 0.0409 e. The van der Waals surface area contributed by atoms with Crippen molar-refractivity contribution in [2.75, 3.05) is 26.2 Å². The molecular formula is C17H25ClN2. The monoisotopic (exact) mass is 292 g/mol. The molecule has 0 amide bonds. The molecule has 1 aromatic carbocycles. The van der Waals surface area contributed by atoms with Crippen LogP contribution in [0.3, 0.4) is 0 Å². The lowest BCUT2D eigenvalue weighted by Gasteiger charge is -2.41. The van der Waals surface area contributed by atoms with Crippen LogP contribution in [-0.4, -0.2) is 31.1 Å². The van der Waals surface area contributed by atoms with E-state index >= 15 is 0 Å². The Bertz CT molecular complexity index is 405. The Morgan fingerprint density at radius 1 is 1.10 bits per heavy atom. The molecule has 0 bridgehead atoms. The number of nitrogens with zero attached hydrogens (tertiary/aromatic N) is 1. The average Bonchev–Trinajstić information content (AvgIpc) is 2.50. The molecule has 0 spiro atoms. The third kappa shape index (κ3) is 3.36. The zero-order chi connectivity index (χ0) is 13.8. The van der Waals surface area contributed by atoms with Crippen molar-refractivity contribution in [2.24, 2.45) is 5.92 Å². The van der Waals surface area contributed by atoms with Gasteiger partial charge in [0.2, 0.25) is 0 Å². The molecule has 0 aromatic heterocycles. The average molecular weight is 293 g/mol. The van der Waals surface area contributed by atoms with E-state index in [1.807, 2.05) is 6.07 Å². The predicted octanol–water partition coefficient (Wildman–Crippen LogP) is 3.87. The van der Waals surface area contributed by atoms with Crippen molar-refractivity contribution in [3.8, 4) is 0 Å². The van der Waals surface area contributed by atoms with E-state index in [0.717, 1.165) is 37.1 Å². The van der Waals surface area contributed by atoms with Crippen molar-refractivity contribution in [1.29, 1.82) is 0 Å². The minimum atomic E-state index is 0.566. The molecule has 2 aliphatic rings. The fourth-order valence-corrected chi connectivity index (χ4v) is 4.08. The second-order valence-electron chi connectivity index (χ2n) is 6.18. The van der Waals surface area contributed by atoms with Gasteiger partial charge in [0, 0.05) is 37.2 Å². The highest BCUT2D eigenvalue weighted by Gasteiger charge is 2.30. The highest BCUT2D eigenvalue weighted by molar-refractivity contribution is 6.30. The summed E-state index contributed by atoms with van der Waals surface area (Å²) in [7, 11) is 0. The van der Waals surface area contributed by atoms with Gasteiger partial charge in [0.25, 0.3) is 0 Å². The Hall–Kier alpha value is -0.570. The van der Waals surface area contributed by atoms with Crippen molar-refractivity contribution in [1.82, 2.24) is 10.2 Å². The summed E-state index contributed by atoms with van der Waals surface area (Å²) >= 11 is 6.24. The first kappa shape index (κ1) is 14.4. The van der Waals surface area contributed by atoms with Crippen molar-refractivity contribution in [2.45, 2.75) is 38.1 Å². The Morgan fingerprint density at radius 3 is 2.55 bits per heavy atom. The van der Waals surface area contributed by atoms with Crippen LogP contribution in [0.25, 0.3) is 0 Å². The summed E-state index contributed by atoms with van der Waals surface area (Å²) < 4.78 is 0. The van der Waals surface area contributed by atoms with E-state index < -0.39 is 0 Å². The largest absolute Gasteiger partial charge is 0.314 e. The summed E-state index contributed by atoms with van der Waals surface area (Å²) in [6.45, 7) is 4.55. The van der Waals surface area contributed by atoms with Crippen LogP contribution < -0.4 is 5.32 Å². The molecule has 1 saturated carbocycles. The van der Waals surface area contributed by atoms with Gasteiger partial charge < -0.3 is 5.32 Å². The molecule has 1 N–H and O–H groups in total. The molecule has 1 saturated heterocycles. The third-order valence-electron chi connectivity index (χ3n) is 4.83. The summed E-state index contributed by atoms with van der Waals surface area (Å²) in [4.78, 5) is 2.68. The van der Waals surface area contributed by atoms with Gasteiger partial charge in [0.1, 0.15) is 0 Å². The molecule has 2 fully saturated rings. The summed E-state index contributed by atoms with van der Waals surface area (Å²) in [6.07, 6.45) is 6.96. The van der Waals surface area contributed by atoms with E-state index in [1.165, 1.54) is 37.7 Å². The molecule has 110 valence electrons. The second kappa shape index (κ2) is 6.93. The van der Waals surface area contributed by atoms with Gasteiger partial charge in [-0.15, -0.1) is 0 Å². The van der Waals surface area contributed by atoms with E-state index in [9.17, 15) is 0 Å². The fourth-order valence-electron chi connectivity index (χ4n) is 3.88. The van der Waals surface area contributed by atoms with E-state index in [0.29, 0.717) is 6.04 Å². The molecule has 0 unspecified atom stereocenters. The molecule has 3 rings (SSSR count). The quantitative estimate of drug-likeness (QED) is 0.910. The van der Waals surface area contributed by atoms with Gasteiger partial charge in [-0.1, -0.05) is 43.0 Å². The molecule has 1 aliphatic heterocycles. The Labute approximate surface area is 127 Å². The Morgan fingerprint density at radius 2 is 1.85 bits per heavy atom. The number of rotatable bonds is 3. The molecule has 1 aromatic rings. The maximum atomic E-state index is 6.24. The predicted molar refractivity (Wildman–Crippen MR) is 85.2 cm³/mol. The first-order valence-electron chi connectivity index (χ1n) is 8.05. The van der Waals surface area contributed by atoms with Crippen LogP contribution in [0, 0.1) is 5.92 Å². The summed E-state index contributed by atoms with van der Waals surface area (Å²) in [5.74, 6) is 0.806. The minimum absolute atomic E-state index is 0.566. The SMILES string of the molecule is Clc1cccc([C@H](C2CCCCC2)N2CCNCC2)c1. The molecule has 1 heterocycles. The molecule has 1 aliphatic carbocycles. The van der Waals surface area contributed by atoms with Gasteiger partial charge in [-0.05, 0) is 36.5 Å². The first-order valence-corrected chi connectivity index (χ1v) is 8.42. The Kier molecular flexibility index (Phi) is 4.98. The molecular weight excluding hydrogens is 268 g/mol. The highest BCUT2D eigenvalue weighted by atomic mass is 35.5. The number of piperazine rings is 1. The first-order chi connectivity index (χ1) is 9.84. The second-order valence-corrected chi connectivity index (χ2v) is 6.62. The van der Waals surface area contributed by atoms with E-state index in [-0.39, 0.29) is 0 Å². The summed E-state index contributed by atoms with van der Waals surface area (Å²) in [5, 5.41) is 4.34. The number of nitrogens with one attached hydrogen (secondary N) is 1. The van der Waals surface area contributed by atoms with Crippen LogP contribution in [0.1, 0.15) is 43.7 Å². The highest BCUT2D eigenvalue weighted by Crippen LogP contribution is 2.39. The van der Waals surface area contributed by atoms with Gasteiger partial charge in [-0.25, -0.2) is 0 Å². The number of benzene rings is 1. The molecule has 20 heavy (non-hydrogen) atoms. The smallest absolute Gasteiger partial charge is 0.0409 e. The van der Waals surface area contributed by atoms with E-state index in [1.54, 1.807) is 0 Å². The molecule has 1 atom stereocenters. The van der Waals surface area contributed by atoms with Crippen LogP contribution in [0.4, 0.5) is 0 Å². The van der Waals surface area contributed by atoms with Gasteiger partial charge in [0.05, 0.1) is 0 Å².